The lowest BCUT2D eigenvalue weighted by Crippen LogP contribution is -2.31. The van der Waals surface area contributed by atoms with Gasteiger partial charge in [0, 0.05) is 11.9 Å². The van der Waals surface area contributed by atoms with Gasteiger partial charge >= 0.3 is 5.63 Å². The predicted molar refractivity (Wildman–Crippen MR) is 57.8 cm³/mol. The monoisotopic (exact) mass is 202 g/mol. The molecule has 1 aromatic heterocycles. The fraction of sp³-hybridized carbons (Fsp3) is 0.182. The van der Waals surface area contributed by atoms with Gasteiger partial charge in [-0.1, -0.05) is 12.1 Å². The van der Waals surface area contributed by atoms with Gasteiger partial charge in [-0.3, -0.25) is 5.32 Å². The Hall–Kier alpha value is -1.81. The van der Waals surface area contributed by atoms with E-state index in [0.29, 0.717) is 24.4 Å². The largest absolute Gasteiger partial charge is 0.422 e. The van der Waals surface area contributed by atoms with Crippen molar-refractivity contribution in [3.63, 3.8) is 0 Å². The van der Waals surface area contributed by atoms with Crippen LogP contribution in [-0.2, 0) is 6.54 Å². The fourth-order valence-electron chi connectivity index (χ4n) is 1.89. The third kappa shape index (κ3) is 1.22. The molecule has 4 heteroatoms. The maximum Gasteiger partial charge on any atom is 0.342 e. The molecule has 1 aliphatic heterocycles. The van der Waals surface area contributed by atoms with Crippen molar-refractivity contribution >= 4 is 16.7 Å². The van der Waals surface area contributed by atoms with Crippen LogP contribution in [-0.4, -0.2) is 6.67 Å². The van der Waals surface area contributed by atoms with Gasteiger partial charge in [0.1, 0.15) is 5.58 Å². The Morgan fingerprint density at radius 3 is 3.07 bits per heavy atom. The number of benzene rings is 1. The molecule has 3 rings (SSSR count). The average Bonchev–Trinajstić information content (AvgIpc) is 2.30. The number of fused-ring (bicyclic) bond motifs is 3. The predicted octanol–water partition coefficient (Wildman–Crippen LogP) is 1.27. The summed E-state index contributed by atoms with van der Waals surface area (Å²) in [7, 11) is 0. The Morgan fingerprint density at radius 2 is 2.13 bits per heavy atom. The number of hydrogen-bond donors (Lipinski definition) is 2. The van der Waals surface area contributed by atoms with Crippen LogP contribution < -0.4 is 16.3 Å². The molecule has 0 radical (unpaired) electrons. The Balaban J connectivity index is 2.44. The maximum atomic E-state index is 11.6. The molecule has 15 heavy (non-hydrogen) atoms. The Bertz CT molecular complexity index is 574. The van der Waals surface area contributed by atoms with E-state index in [0.717, 1.165) is 11.1 Å². The van der Waals surface area contributed by atoms with E-state index in [1.807, 2.05) is 18.2 Å². The molecule has 0 saturated carbocycles. The van der Waals surface area contributed by atoms with Gasteiger partial charge in [-0.2, -0.15) is 0 Å². The highest BCUT2D eigenvalue weighted by atomic mass is 16.4. The fourth-order valence-corrected chi connectivity index (χ4v) is 1.89. The van der Waals surface area contributed by atoms with Crippen molar-refractivity contribution in [1.82, 2.24) is 5.32 Å². The SMILES string of the molecule is O=c1oc2ccccc2c2c1CNCN2. The normalized spacial score (nSPS) is 14.7. The Morgan fingerprint density at radius 1 is 1.27 bits per heavy atom. The number of nitrogens with one attached hydrogen (secondary N) is 2. The summed E-state index contributed by atoms with van der Waals surface area (Å²) in [5.41, 5.74) is 1.96. The molecule has 0 bridgehead atoms. The number of hydrogen-bond acceptors (Lipinski definition) is 4. The molecule has 2 heterocycles. The third-order valence-corrected chi connectivity index (χ3v) is 2.60. The molecule has 1 aliphatic rings. The number of rotatable bonds is 0. The summed E-state index contributed by atoms with van der Waals surface area (Å²) in [5, 5.41) is 7.22. The van der Waals surface area contributed by atoms with Crippen LogP contribution in [0.2, 0.25) is 0 Å². The first-order valence-corrected chi connectivity index (χ1v) is 4.85. The van der Waals surface area contributed by atoms with E-state index >= 15 is 0 Å². The van der Waals surface area contributed by atoms with Crippen molar-refractivity contribution in [3.05, 3.63) is 40.2 Å². The van der Waals surface area contributed by atoms with Gasteiger partial charge in [-0.25, -0.2) is 4.79 Å². The van der Waals surface area contributed by atoms with Crippen molar-refractivity contribution in [2.24, 2.45) is 0 Å². The molecule has 2 N–H and O–H groups in total. The molecule has 2 aromatic rings. The zero-order valence-electron chi connectivity index (χ0n) is 8.04. The quantitative estimate of drug-likeness (QED) is 0.631. The van der Waals surface area contributed by atoms with Crippen LogP contribution in [0, 0.1) is 0 Å². The molecule has 0 spiro atoms. The standard InChI is InChI=1S/C11H10N2O2/c14-11-8-5-12-6-13-10(8)7-3-1-2-4-9(7)15-11/h1-4,12-13H,5-6H2. The summed E-state index contributed by atoms with van der Waals surface area (Å²) in [6.45, 7) is 1.25. The van der Waals surface area contributed by atoms with Crippen molar-refractivity contribution in [1.29, 1.82) is 0 Å². The van der Waals surface area contributed by atoms with Gasteiger partial charge in [-0.15, -0.1) is 0 Å². The summed E-state index contributed by atoms with van der Waals surface area (Å²) in [4.78, 5) is 11.6. The summed E-state index contributed by atoms with van der Waals surface area (Å²) < 4.78 is 5.22. The van der Waals surface area contributed by atoms with Gasteiger partial charge in [0.15, 0.2) is 0 Å². The molecule has 0 atom stereocenters. The van der Waals surface area contributed by atoms with Crippen LogP contribution in [0.1, 0.15) is 5.56 Å². The summed E-state index contributed by atoms with van der Waals surface area (Å²) in [5.74, 6) is 0. The van der Waals surface area contributed by atoms with Crippen LogP contribution in [0.5, 0.6) is 0 Å². The van der Waals surface area contributed by atoms with Gasteiger partial charge in [-0.05, 0) is 12.1 Å². The van der Waals surface area contributed by atoms with E-state index in [2.05, 4.69) is 10.6 Å². The molecule has 76 valence electrons. The van der Waals surface area contributed by atoms with Gasteiger partial charge in [0.05, 0.1) is 17.9 Å². The second kappa shape index (κ2) is 3.10. The van der Waals surface area contributed by atoms with Gasteiger partial charge in [0.2, 0.25) is 0 Å². The summed E-state index contributed by atoms with van der Waals surface area (Å²) in [6.07, 6.45) is 0. The zero-order valence-corrected chi connectivity index (χ0v) is 8.04. The molecule has 1 aromatic carbocycles. The molecule has 0 aliphatic carbocycles. The smallest absolute Gasteiger partial charge is 0.342 e. The molecule has 0 unspecified atom stereocenters. The van der Waals surface area contributed by atoms with E-state index < -0.39 is 0 Å². The van der Waals surface area contributed by atoms with Crippen LogP contribution in [0.25, 0.3) is 11.0 Å². The molecular formula is C11H10N2O2. The highest BCUT2D eigenvalue weighted by Crippen LogP contribution is 2.25. The minimum Gasteiger partial charge on any atom is -0.422 e. The minimum atomic E-state index is -0.261. The minimum absolute atomic E-state index is 0.261. The molecular weight excluding hydrogens is 192 g/mol. The van der Waals surface area contributed by atoms with E-state index in [4.69, 9.17) is 4.42 Å². The first kappa shape index (κ1) is 8.49. The van der Waals surface area contributed by atoms with Crippen molar-refractivity contribution in [2.75, 3.05) is 12.0 Å². The van der Waals surface area contributed by atoms with Crippen LogP contribution in [0.4, 0.5) is 5.69 Å². The number of para-hydroxylation sites is 1. The van der Waals surface area contributed by atoms with Crippen molar-refractivity contribution in [2.45, 2.75) is 6.54 Å². The van der Waals surface area contributed by atoms with Crippen molar-refractivity contribution in [3.8, 4) is 0 Å². The van der Waals surface area contributed by atoms with Crippen molar-refractivity contribution < 1.29 is 4.42 Å². The lowest BCUT2D eigenvalue weighted by atomic mass is 10.1. The molecule has 0 fully saturated rings. The Kier molecular flexibility index (Phi) is 1.76. The van der Waals surface area contributed by atoms with Gasteiger partial charge in [0.25, 0.3) is 0 Å². The highest BCUT2D eigenvalue weighted by molar-refractivity contribution is 5.91. The average molecular weight is 202 g/mol. The number of anilines is 1. The summed E-state index contributed by atoms with van der Waals surface area (Å²) in [6, 6.07) is 7.56. The first-order chi connectivity index (χ1) is 7.36. The summed E-state index contributed by atoms with van der Waals surface area (Å²) >= 11 is 0. The van der Waals surface area contributed by atoms with E-state index in [9.17, 15) is 4.79 Å². The second-order valence-electron chi connectivity index (χ2n) is 3.52. The van der Waals surface area contributed by atoms with Crippen LogP contribution >= 0.6 is 0 Å². The van der Waals surface area contributed by atoms with Crippen LogP contribution in [0.3, 0.4) is 0 Å². The zero-order chi connectivity index (χ0) is 10.3. The lowest BCUT2D eigenvalue weighted by Gasteiger charge is -2.19. The third-order valence-electron chi connectivity index (χ3n) is 2.60. The topological polar surface area (TPSA) is 54.3 Å². The highest BCUT2D eigenvalue weighted by Gasteiger charge is 2.16. The molecule has 4 nitrogen and oxygen atoms in total. The van der Waals surface area contributed by atoms with E-state index in [1.54, 1.807) is 6.07 Å². The molecule has 0 saturated heterocycles. The lowest BCUT2D eigenvalue weighted by molar-refractivity contribution is 0.539. The van der Waals surface area contributed by atoms with E-state index in [-0.39, 0.29) is 5.63 Å². The van der Waals surface area contributed by atoms with E-state index in [1.165, 1.54) is 0 Å². The van der Waals surface area contributed by atoms with Gasteiger partial charge < -0.3 is 9.73 Å². The van der Waals surface area contributed by atoms with Crippen LogP contribution in [0.15, 0.2) is 33.5 Å². The first-order valence-electron chi connectivity index (χ1n) is 4.85. The maximum absolute atomic E-state index is 11.6. The molecule has 0 amide bonds. The Labute approximate surface area is 85.9 Å². The second-order valence-corrected chi connectivity index (χ2v) is 3.52.